The number of morpholine rings is 1. The second-order valence-electron chi connectivity index (χ2n) is 9.35. The van der Waals surface area contributed by atoms with Crippen LogP contribution in [0.25, 0.3) is 0 Å². The van der Waals surface area contributed by atoms with Crippen LogP contribution in [-0.4, -0.2) is 76.1 Å². The van der Waals surface area contributed by atoms with Crippen LogP contribution < -0.4 is 20.9 Å². The third-order valence-corrected chi connectivity index (χ3v) is 7.35. The molecule has 2 fully saturated rings. The van der Waals surface area contributed by atoms with Crippen molar-refractivity contribution in [1.82, 2.24) is 14.9 Å². The van der Waals surface area contributed by atoms with Gasteiger partial charge >= 0.3 is 6.03 Å². The highest BCUT2D eigenvalue weighted by molar-refractivity contribution is 7.89. The zero-order valence-electron chi connectivity index (χ0n) is 19.6. The van der Waals surface area contributed by atoms with Gasteiger partial charge < -0.3 is 20.3 Å². The van der Waals surface area contributed by atoms with E-state index in [0.717, 1.165) is 24.9 Å². The zero-order valence-corrected chi connectivity index (χ0v) is 20.5. The molecular formula is C22H35N5O5S. The molecular weight excluding hydrogens is 446 g/mol. The summed E-state index contributed by atoms with van der Waals surface area (Å²) >= 11 is 0. The van der Waals surface area contributed by atoms with Gasteiger partial charge in [-0.25, -0.2) is 13.2 Å². The molecule has 184 valence electrons. The lowest BCUT2D eigenvalue weighted by atomic mass is 10.1. The van der Waals surface area contributed by atoms with E-state index < -0.39 is 27.5 Å². The number of piperidine rings is 1. The van der Waals surface area contributed by atoms with Gasteiger partial charge in [0.25, 0.3) is 0 Å². The van der Waals surface area contributed by atoms with Gasteiger partial charge in [-0.2, -0.15) is 4.31 Å². The first-order valence-electron chi connectivity index (χ1n) is 11.4. The van der Waals surface area contributed by atoms with Gasteiger partial charge in [0, 0.05) is 31.7 Å². The van der Waals surface area contributed by atoms with Crippen LogP contribution >= 0.6 is 0 Å². The van der Waals surface area contributed by atoms with Gasteiger partial charge in [-0.05, 0) is 51.8 Å². The Morgan fingerprint density at radius 1 is 1.03 bits per heavy atom. The maximum Gasteiger partial charge on any atom is 0.321 e. The summed E-state index contributed by atoms with van der Waals surface area (Å²) in [5, 5.41) is 8.00. The molecule has 11 heteroatoms. The summed E-state index contributed by atoms with van der Waals surface area (Å²) in [6.07, 6.45) is 2.74. The van der Waals surface area contributed by atoms with Gasteiger partial charge in [-0.15, -0.1) is 0 Å². The monoisotopic (exact) mass is 481 g/mol. The van der Waals surface area contributed by atoms with E-state index in [1.165, 1.54) is 4.31 Å². The molecule has 2 heterocycles. The number of sulfonamides is 1. The first kappa shape index (κ1) is 25.3. The number of imide groups is 1. The topological polar surface area (TPSA) is 120 Å². The van der Waals surface area contributed by atoms with Crippen molar-refractivity contribution in [3.63, 3.8) is 0 Å². The summed E-state index contributed by atoms with van der Waals surface area (Å²) in [4.78, 5) is 26.6. The Hall–Kier alpha value is -2.37. The molecule has 0 bridgehead atoms. The van der Waals surface area contributed by atoms with Crippen molar-refractivity contribution in [1.29, 1.82) is 0 Å². The summed E-state index contributed by atoms with van der Waals surface area (Å²) in [5.41, 5.74) is 0.850. The molecule has 2 aliphatic heterocycles. The molecule has 33 heavy (non-hydrogen) atoms. The summed E-state index contributed by atoms with van der Waals surface area (Å²) < 4.78 is 33.3. The maximum atomic E-state index is 13.2. The first-order chi connectivity index (χ1) is 15.6. The highest BCUT2D eigenvalue weighted by atomic mass is 32.2. The minimum Gasteiger partial charge on any atom is -0.378 e. The molecule has 0 unspecified atom stereocenters. The van der Waals surface area contributed by atoms with Crippen LogP contribution in [0.3, 0.4) is 0 Å². The summed E-state index contributed by atoms with van der Waals surface area (Å²) in [6.45, 7) is 8.77. The van der Waals surface area contributed by atoms with Gasteiger partial charge in [-0.3, -0.25) is 10.1 Å². The van der Waals surface area contributed by atoms with Gasteiger partial charge in [0.1, 0.15) is 0 Å². The standard InChI is InChI=1S/C22H35N5O5S/c1-22(2,3)25-21(29)24-20(28)16-23-18-15-17(33(30,31)27-9-5-4-6-10-27)7-8-19(18)26-11-13-32-14-12-26/h7-8,15,23H,4-6,9-14,16H2,1-3H3,(H2,24,25,28,29). The van der Waals surface area contributed by atoms with Crippen molar-refractivity contribution >= 4 is 33.3 Å². The van der Waals surface area contributed by atoms with Crippen molar-refractivity contribution in [2.45, 2.75) is 50.5 Å². The Kier molecular flexibility index (Phi) is 8.19. The van der Waals surface area contributed by atoms with Crippen LogP contribution in [0.1, 0.15) is 40.0 Å². The predicted octanol–water partition coefficient (Wildman–Crippen LogP) is 1.73. The molecule has 3 amide bonds. The molecule has 0 aromatic heterocycles. The van der Waals surface area contributed by atoms with Crippen LogP contribution in [-0.2, 0) is 19.6 Å². The molecule has 3 N–H and O–H groups in total. The SMILES string of the molecule is CC(C)(C)NC(=O)NC(=O)CNc1cc(S(=O)(=O)N2CCCCC2)ccc1N1CCOCC1. The Morgan fingerprint density at radius 2 is 1.70 bits per heavy atom. The number of rotatable bonds is 6. The number of ether oxygens (including phenoxy) is 1. The van der Waals surface area contributed by atoms with Crippen molar-refractivity contribution < 1.29 is 22.7 Å². The molecule has 10 nitrogen and oxygen atoms in total. The fourth-order valence-electron chi connectivity index (χ4n) is 3.87. The van der Waals surface area contributed by atoms with E-state index >= 15 is 0 Å². The second-order valence-corrected chi connectivity index (χ2v) is 11.3. The highest BCUT2D eigenvalue weighted by Gasteiger charge is 2.27. The van der Waals surface area contributed by atoms with Crippen LogP contribution in [0.5, 0.6) is 0 Å². The molecule has 2 aliphatic rings. The molecule has 0 saturated carbocycles. The minimum absolute atomic E-state index is 0.178. The molecule has 0 spiro atoms. The third-order valence-electron chi connectivity index (χ3n) is 5.45. The van der Waals surface area contributed by atoms with Crippen LogP contribution in [0.4, 0.5) is 16.2 Å². The van der Waals surface area contributed by atoms with E-state index in [-0.39, 0.29) is 11.4 Å². The number of urea groups is 1. The molecule has 2 saturated heterocycles. The average Bonchev–Trinajstić information content (AvgIpc) is 2.77. The van der Waals surface area contributed by atoms with Gasteiger partial charge in [-0.1, -0.05) is 6.42 Å². The van der Waals surface area contributed by atoms with E-state index in [1.807, 2.05) is 20.8 Å². The number of benzene rings is 1. The lowest BCUT2D eigenvalue weighted by Crippen LogP contribution is -2.49. The van der Waals surface area contributed by atoms with Crippen LogP contribution in [0, 0.1) is 0 Å². The van der Waals surface area contributed by atoms with Crippen LogP contribution in [0.15, 0.2) is 23.1 Å². The quantitative estimate of drug-likeness (QED) is 0.566. The van der Waals surface area contributed by atoms with Gasteiger partial charge in [0.15, 0.2) is 0 Å². The van der Waals surface area contributed by atoms with E-state index in [1.54, 1.807) is 18.2 Å². The van der Waals surface area contributed by atoms with E-state index in [9.17, 15) is 18.0 Å². The predicted molar refractivity (Wildman–Crippen MR) is 127 cm³/mol. The summed E-state index contributed by atoms with van der Waals surface area (Å²) in [5.74, 6) is -0.519. The maximum absolute atomic E-state index is 13.2. The molecule has 0 radical (unpaired) electrons. The van der Waals surface area contributed by atoms with E-state index in [0.29, 0.717) is 45.1 Å². The fraction of sp³-hybridized carbons (Fsp3) is 0.636. The molecule has 3 rings (SSSR count). The number of amides is 3. The molecule has 0 atom stereocenters. The third kappa shape index (κ3) is 7.05. The Balaban J connectivity index is 1.78. The Bertz CT molecular complexity index is 948. The van der Waals surface area contributed by atoms with Crippen molar-refractivity contribution in [2.75, 3.05) is 56.2 Å². The van der Waals surface area contributed by atoms with Gasteiger partial charge in [0.05, 0.1) is 36.0 Å². The molecule has 1 aromatic carbocycles. The fourth-order valence-corrected chi connectivity index (χ4v) is 5.41. The smallest absolute Gasteiger partial charge is 0.321 e. The van der Waals surface area contributed by atoms with E-state index in [2.05, 4.69) is 20.9 Å². The number of hydrogen-bond donors (Lipinski definition) is 3. The van der Waals surface area contributed by atoms with Crippen molar-refractivity contribution in [3.05, 3.63) is 18.2 Å². The lowest BCUT2D eigenvalue weighted by Gasteiger charge is -2.31. The number of carbonyl (C=O) groups is 2. The number of hydrogen-bond acceptors (Lipinski definition) is 7. The highest BCUT2D eigenvalue weighted by Crippen LogP contribution is 2.31. The first-order valence-corrected chi connectivity index (χ1v) is 12.8. The van der Waals surface area contributed by atoms with Gasteiger partial charge in [0.2, 0.25) is 15.9 Å². The van der Waals surface area contributed by atoms with Crippen LogP contribution in [0.2, 0.25) is 0 Å². The molecule has 0 aliphatic carbocycles. The summed E-state index contributed by atoms with van der Waals surface area (Å²) in [7, 11) is -3.62. The van der Waals surface area contributed by atoms with Crippen molar-refractivity contribution in [2.24, 2.45) is 0 Å². The lowest BCUT2D eigenvalue weighted by molar-refractivity contribution is -0.118. The summed E-state index contributed by atoms with van der Waals surface area (Å²) in [6, 6.07) is 4.40. The second kappa shape index (κ2) is 10.7. The van der Waals surface area contributed by atoms with E-state index in [4.69, 9.17) is 4.74 Å². The zero-order chi connectivity index (χ0) is 24.1. The average molecular weight is 482 g/mol. The minimum atomic E-state index is -3.62. The van der Waals surface area contributed by atoms with Crippen molar-refractivity contribution in [3.8, 4) is 0 Å². The Morgan fingerprint density at radius 3 is 2.33 bits per heavy atom. The number of nitrogens with zero attached hydrogens (tertiary/aromatic N) is 2. The molecule has 1 aromatic rings. The number of anilines is 2. The number of carbonyl (C=O) groups excluding carboxylic acids is 2. The Labute approximate surface area is 196 Å². The normalized spacial score (nSPS) is 18.0. The number of nitrogens with one attached hydrogen (secondary N) is 3. The largest absolute Gasteiger partial charge is 0.378 e.